The summed E-state index contributed by atoms with van der Waals surface area (Å²) in [7, 11) is 0. The standard InChI is InChI=1S/C13H13NO3/c1-2-12(15)14-7-3-4-9-8-10(13(16)17)5-6-11(9)14/h2,5-6,8H,1,3-4,7H2,(H,16,17). The van der Waals surface area contributed by atoms with E-state index in [0.717, 1.165) is 24.1 Å². The zero-order chi connectivity index (χ0) is 12.4. The summed E-state index contributed by atoms with van der Waals surface area (Å²) in [5.41, 5.74) is 1.97. The maximum atomic E-state index is 11.6. The highest BCUT2D eigenvalue weighted by atomic mass is 16.4. The topological polar surface area (TPSA) is 57.6 Å². The van der Waals surface area contributed by atoms with Gasteiger partial charge in [-0.3, -0.25) is 4.79 Å². The van der Waals surface area contributed by atoms with Crippen molar-refractivity contribution in [3.8, 4) is 0 Å². The fraction of sp³-hybridized carbons (Fsp3) is 0.231. The Kier molecular flexibility index (Phi) is 2.95. The van der Waals surface area contributed by atoms with Crippen LogP contribution in [-0.2, 0) is 11.2 Å². The minimum atomic E-state index is -0.944. The maximum Gasteiger partial charge on any atom is 0.335 e. The lowest BCUT2D eigenvalue weighted by Crippen LogP contribution is -2.34. The third kappa shape index (κ3) is 2.06. The van der Waals surface area contributed by atoms with E-state index in [1.165, 1.54) is 12.1 Å². The Hall–Kier alpha value is -2.10. The summed E-state index contributed by atoms with van der Waals surface area (Å²) < 4.78 is 0. The molecule has 0 unspecified atom stereocenters. The number of amides is 1. The van der Waals surface area contributed by atoms with Crippen LogP contribution in [0.5, 0.6) is 0 Å². The first kappa shape index (κ1) is 11.4. The number of hydrogen-bond donors (Lipinski definition) is 1. The van der Waals surface area contributed by atoms with E-state index in [2.05, 4.69) is 6.58 Å². The van der Waals surface area contributed by atoms with E-state index in [9.17, 15) is 9.59 Å². The fourth-order valence-corrected chi connectivity index (χ4v) is 2.07. The summed E-state index contributed by atoms with van der Waals surface area (Å²) in [6, 6.07) is 4.86. The Morgan fingerprint density at radius 2 is 2.18 bits per heavy atom. The number of rotatable bonds is 2. The Balaban J connectivity index is 2.43. The Labute approximate surface area is 99.2 Å². The molecule has 0 saturated carbocycles. The van der Waals surface area contributed by atoms with Gasteiger partial charge in [-0.1, -0.05) is 6.58 Å². The lowest BCUT2D eigenvalue weighted by Gasteiger charge is -2.28. The van der Waals surface area contributed by atoms with Crippen molar-refractivity contribution in [2.45, 2.75) is 12.8 Å². The van der Waals surface area contributed by atoms with Crippen LogP contribution in [0.25, 0.3) is 0 Å². The molecule has 0 fully saturated rings. The number of carboxylic acid groups (broad SMARTS) is 1. The summed E-state index contributed by atoms with van der Waals surface area (Å²) >= 11 is 0. The first-order valence-corrected chi connectivity index (χ1v) is 5.43. The zero-order valence-corrected chi connectivity index (χ0v) is 9.35. The summed E-state index contributed by atoms with van der Waals surface area (Å²) in [5, 5.41) is 8.91. The van der Waals surface area contributed by atoms with Gasteiger partial charge >= 0.3 is 5.97 Å². The van der Waals surface area contributed by atoms with E-state index in [1.54, 1.807) is 17.0 Å². The number of nitrogens with zero attached hydrogens (tertiary/aromatic N) is 1. The van der Waals surface area contributed by atoms with Gasteiger partial charge in [-0.2, -0.15) is 0 Å². The number of aromatic carboxylic acids is 1. The monoisotopic (exact) mass is 231 g/mol. The summed E-state index contributed by atoms with van der Waals surface area (Å²) in [5.74, 6) is -1.09. The van der Waals surface area contributed by atoms with Gasteiger partial charge in [0.2, 0.25) is 5.91 Å². The molecule has 1 aromatic rings. The van der Waals surface area contributed by atoms with Crippen molar-refractivity contribution in [1.82, 2.24) is 0 Å². The van der Waals surface area contributed by atoms with E-state index in [1.807, 2.05) is 0 Å². The summed E-state index contributed by atoms with van der Waals surface area (Å²) in [6.07, 6.45) is 2.92. The molecule has 88 valence electrons. The number of carbonyl (C=O) groups excluding carboxylic acids is 1. The van der Waals surface area contributed by atoms with Gasteiger partial charge in [0.05, 0.1) is 5.56 Å². The number of hydrogen-bond acceptors (Lipinski definition) is 2. The lowest BCUT2D eigenvalue weighted by molar-refractivity contribution is -0.114. The number of fused-ring (bicyclic) bond motifs is 1. The van der Waals surface area contributed by atoms with Crippen LogP contribution in [0.1, 0.15) is 22.3 Å². The summed E-state index contributed by atoms with van der Waals surface area (Å²) in [4.78, 5) is 24.1. The highest BCUT2D eigenvalue weighted by Crippen LogP contribution is 2.28. The normalized spacial score (nSPS) is 14.0. The van der Waals surface area contributed by atoms with Gasteiger partial charge in [0.15, 0.2) is 0 Å². The Morgan fingerprint density at radius 1 is 1.41 bits per heavy atom. The molecule has 17 heavy (non-hydrogen) atoms. The van der Waals surface area contributed by atoms with Crippen LogP contribution in [0.2, 0.25) is 0 Å². The third-order valence-corrected chi connectivity index (χ3v) is 2.89. The van der Waals surface area contributed by atoms with Crippen molar-refractivity contribution in [3.63, 3.8) is 0 Å². The summed E-state index contributed by atoms with van der Waals surface area (Å²) in [6.45, 7) is 4.13. The van der Waals surface area contributed by atoms with E-state index in [4.69, 9.17) is 5.11 Å². The number of benzene rings is 1. The molecule has 0 saturated heterocycles. The van der Waals surface area contributed by atoms with Crippen LogP contribution in [0.4, 0.5) is 5.69 Å². The van der Waals surface area contributed by atoms with E-state index in [-0.39, 0.29) is 11.5 Å². The molecule has 0 spiro atoms. The van der Waals surface area contributed by atoms with Crippen LogP contribution in [0.15, 0.2) is 30.9 Å². The molecule has 0 aromatic heterocycles. The second-order valence-electron chi connectivity index (χ2n) is 3.95. The van der Waals surface area contributed by atoms with Crippen molar-refractivity contribution >= 4 is 17.6 Å². The predicted octanol–water partition coefficient (Wildman–Crippen LogP) is 1.85. The molecular weight excluding hydrogens is 218 g/mol. The highest BCUT2D eigenvalue weighted by molar-refractivity contribution is 6.02. The van der Waals surface area contributed by atoms with Crippen LogP contribution in [-0.4, -0.2) is 23.5 Å². The molecule has 0 radical (unpaired) electrons. The molecule has 1 heterocycles. The third-order valence-electron chi connectivity index (χ3n) is 2.89. The van der Waals surface area contributed by atoms with Crippen LogP contribution < -0.4 is 4.90 Å². The zero-order valence-electron chi connectivity index (χ0n) is 9.35. The van der Waals surface area contributed by atoms with Crippen LogP contribution >= 0.6 is 0 Å². The lowest BCUT2D eigenvalue weighted by atomic mass is 9.99. The minimum Gasteiger partial charge on any atom is -0.478 e. The van der Waals surface area contributed by atoms with Gasteiger partial charge in [0, 0.05) is 12.2 Å². The smallest absolute Gasteiger partial charge is 0.335 e. The molecule has 0 bridgehead atoms. The number of carbonyl (C=O) groups is 2. The van der Waals surface area contributed by atoms with Crippen molar-refractivity contribution in [2.75, 3.05) is 11.4 Å². The minimum absolute atomic E-state index is 0.144. The van der Waals surface area contributed by atoms with Crippen molar-refractivity contribution in [3.05, 3.63) is 42.0 Å². The van der Waals surface area contributed by atoms with E-state index < -0.39 is 5.97 Å². The number of aryl methyl sites for hydroxylation is 1. The van der Waals surface area contributed by atoms with Crippen LogP contribution in [0, 0.1) is 0 Å². The van der Waals surface area contributed by atoms with Crippen LogP contribution in [0.3, 0.4) is 0 Å². The van der Waals surface area contributed by atoms with E-state index in [0.29, 0.717) is 6.54 Å². The predicted molar refractivity (Wildman–Crippen MR) is 64.3 cm³/mol. The second kappa shape index (κ2) is 4.41. The molecule has 4 heteroatoms. The molecule has 2 rings (SSSR count). The molecule has 1 aromatic carbocycles. The van der Waals surface area contributed by atoms with E-state index >= 15 is 0 Å². The van der Waals surface area contributed by atoms with Crippen molar-refractivity contribution in [1.29, 1.82) is 0 Å². The van der Waals surface area contributed by atoms with Gasteiger partial charge in [-0.05, 0) is 42.7 Å². The Bertz CT molecular complexity index is 493. The van der Waals surface area contributed by atoms with Gasteiger partial charge in [-0.25, -0.2) is 4.79 Å². The highest BCUT2D eigenvalue weighted by Gasteiger charge is 2.21. The second-order valence-corrected chi connectivity index (χ2v) is 3.95. The number of anilines is 1. The van der Waals surface area contributed by atoms with Gasteiger partial charge < -0.3 is 10.0 Å². The molecule has 1 amide bonds. The first-order chi connectivity index (χ1) is 8.13. The van der Waals surface area contributed by atoms with Gasteiger partial charge in [0.1, 0.15) is 0 Å². The average Bonchev–Trinajstić information content (AvgIpc) is 2.36. The molecule has 1 aliphatic rings. The van der Waals surface area contributed by atoms with Crippen molar-refractivity contribution in [2.24, 2.45) is 0 Å². The quantitative estimate of drug-likeness (QED) is 0.790. The number of carboxylic acids is 1. The average molecular weight is 231 g/mol. The molecule has 0 atom stereocenters. The maximum absolute atomic E-state index is 11.6. The van der Waals surface area contributed by atoms with Gasteiger partial charge in [0.25, 0.3) is 0 Å². The first-order valence-electron chi connectivity index (χ1n) is 5.43. The van der Waals surface area contributed by atoms with Gasteiger partial charge in [-0.15, -0.1) is 0 Å². The van der Waals surface area contributed by atoms with Crippen molar-refractivity contribution < 1.29 is 14.7 Å². The molecule has 1 N–H and O–H groups in total. The SMILES string of the molecule is C=CC(=O)N1CCCc2cc(C(=O)O)ccc21. The fourth-order valence-electron chi connectivity index (χ4n) is 2.07. The molecule has 4 nitrogen and oxygen atoms in total. The Morgan fingerprint density at radius 3 is 2.82 bits per heavy atom. The molecular formula is C13H13NO3. The molecule has 1 aliphatic heterocycles. The largest absolute Gasteiger partial charge is 0.478 e. The molecule has 0 aliphatic carbocycles.